The Kier molecular flexibility index (Phi) is 4.10. The van der Waals surface area contributed by atoms with Crippen LogP contribution >= 0.6 is 0 Å². The smallest absolute Gasteiger partial charge is 0.261 e. The van der Waals surface area contributed by atoms with Crippen molar-refractivity contribution in [3.05, 3.63) is 40.4 Å². The first-order valence-electron chi connectivity index (χ1n) is 9.33. The number of benzene rings is 1. The summed E-state index contributed by atoms with van der Waals surface area (Å²) in [6.07, 6.45) is 5.10. The van der Waals surface area contributed by atoms with Gasteiger partial charge in [-0.05, 0) is 57.6 Å². The van der Waals surface area contributed by atoms with Gasteiger partial charge in [0.1, 0.15) is 5.82 Å². The summed E-state index contributed by atoms with van der Waals surface area (Å²) >= 11 is 0. The van der Waals surface area contributed by atoms with Gasteiger partial charge in [-0.2, -0.15) is 0 Å². The minimum absolute atomic E-state index is 0.0517. The van der Waals surface area contributed by atoms with E-state index in [1.807, 2.05) is 25.1 Å². The Morgan fingerprint density at radius 3 is 2.68 bits per heavy atom. The van der Waals surface area contributed by atoms with Crippen molar-refractivity contribution in [1.29, 1.82) is 0 Å². The molecule has 2 aliphatic carbocycles. The molecule has 0 saturated heterocycles. The van der Waals surface area contributed by atoms with Crippen LogP contribution in [0.2, 0.25) is 0 Å². The highest BCUT2D eigenvalue weighted by atomic mass is 16.2. The lowest BCUT2D eigenvalue weighted by molar-refractivity contribution is -0.134. The number of carbonyl (C=O) groups excluding carboxylic acids is 1. The Bertz CT molecular complexity index is 865. The predicted octanol–water partition coefficient (Wildman–Crippen LogP) is 2.88. The molecule has 0 aliphatic heterocycles. The van der Waals surface area contributed by atoms with E-state index >= 15 is 0 Å². The van der Waals surface area contributed by atoms with E-state index in [0.717, 1.165) is 18.4 Å². The monoisotopic (exact) mass is 339 g/mol. The molecule has 1 unspecified atom stereocenters. The molecule has 2 saturated carbocycles. The maximum absolute atomic E-state index is 12.8. The first-order valence-corrected chi connectivity index (χ1v) is 9.33. The number of aryl methyl sites for hydroxylation is 1. The highest BCUT2D eigenvalue weighted by molar-refractivity contribution is 5.78. The second-order valence-corrected chi connectivity index (χ2v) is 7.49. The molecule has 2 aromatic rings. The zero-order chi connectivity index (χ0) is 17.6. The summed E-state index contributed by atoms with van der Waals surface area (Å²) in [5.74, 6) is 1.53. The summed E-state index contributed by atoms with van der Waals surface area (Å²) in [7, 11) is 0. The SMILES string of the molecule is Cc1nc2ccccc2c(=O)n1CCC(=O)N(C1CC1)C(C)C1CC1. The molecular formula is C20H25N3O2. The number of rotatable bonds is 6. The molecule has 0 spiro atoms. The van der Waals surface area contributed by atoms with Gasteiger partial charge in [0.2, 0.25) is 5.91 Å². The minimum Gasteiger partial charge on any atom is -0.337 e. The van der Waals surface area contributed by atoms with Crippen LogP contribution in [0.1, 0.15) is 44.9 Å². The molecule has 25 heavy (non-hydrogen) atoms. The Morgan fingerprint density at radius 2 is 2.00 bits per heavy atom. The van der Waals surface area contributed by atoms with Crippen LogP contribution in [0.3, 0.4) is 0 Å². The average molecular weight is 339 g/mol. The molecule has 1 heterocycles. The first kappa shape index (κ1) is 16.3. The van der Waals surface area contributed by atoms with Crippen LogP contribution < -0.4 is 5.56 Å². The van der Waals surface area contributed by atoms with Crippen LogP contribution in [-0.4, -0.2) is 32.4 Å². The van der Waals surface area contributed by atoms with Gasteiger partial charge in [-0.3, -0.25) is 14.2 Å². The second kappa shape index (κ2) is 6.28. The number of amides is 1. The molecule has 0 N–H and O–H groups in total. The van der Waals surface area contributed by atoms with Crippen molar-refractivity contribution in [3.8, 4) is 0 Å². The van der Waals surface area contributed by atoms with Gasteiger partial charge in [0.15, 0.2) is 0 Å². The lowest BCUT2D eigenvalue weighted by atomic mass is 10.1. The van der Waals surface area contributed by atoms with Crippen molar-refractivity contribution >= 4 is 16.8 Å². The Morgan fingerprint density at radius 1 is 1.28 bits per heavy atom. The summed E-state index contributed by atoms with van der Waals surface area (Å²) in [6, 6.07) is 8.15. The van der Waals surface area contributed by atoms with Crippen molar-refractivity contribution in [2.24, 2.45) is 5.92 Å². The normalized spacial score (nSPS) is 18.3. The maximum Gasteiger partial charge on any atom is 0.261 e. The third-order valence-electron chi connectivity index (χ3n) is 5.57. The first-order chi connectivity index (χ1) is 12.1. The highest BCUT2D eigenvalue weighted by Crippen LogP contribution is 2.40. The largest absolute Gasteiger partial charge is 0.337 e. The van der Waals surface area contributed by atoms with E-state index in [2.05, 4.69) is 16.8 Å². The fourth-order valence-corrected chi connectivity index (χ4v) is 3.80. The van der Waals surface area contributed by atoms with Crippen LogP contribution in [0, 0.1) is 12.8 Å². The number of aromatic nitrogens is 2. The Balaban J connectivity index is 1.53. The van der Waals surface area contributed by atoms with Crippen molar-refractivity contribution in [2.75, 3.05) is 0 Å². The van der Waals surface area contributed by atoms with Gasteiger partial charge < -0.3 is 4.90 Å². The van der Waals surface area contributed by atoms with E-state index < -0.39 is 0 Å². The molecule has 4 rings (SSSR count). The fourth-order valence-electron chi connectivity index (χ4n) is 3.80. The molecule has 5 nitrogen and oxygen atoms in total. The molecule has 1 aromatic heterocycles. The van der Waals surface area contributed by atoms with E-state index in [9.17, 15) is 9.59 Å². The number of hydrogen-bond donors (Lipinski definition) is 0. The van der Waals surface area contributed by atoms with Crippen molar-refractivity contribution in [2.45, 2.75) is 64.6 Å². The summed E-state index contributed by atoms with van der Waals surface area (Å²) in [5, 5.41) is 0.617. The van der Waals surface area contributed by atoms with Gasteiger partial charge in [0, 0.05) is 25.0 Å². The van der Waals surface area contributed by atoms with Gasteiger partial charge in [-0.25, -0.2) is 4.98 Å². The summed E-state index contributed by atoms with van der Waals surface area (Å²) < 4.78 is 1.65. The highest BCUT2D eigenvalue weighted by Gasteiger charge is 2.41. The summed E-state index contributed by atoms with van der Waals surface area (Å²) in [5.41, 5.74) is 0.665. The van der Waals surface area contributed by atoms with Crippen molar-refractivity contribution < 1.29 is 4.79 Å². The van der Waals surface area contributed by atoms with Gasteiger partial charge in [0.05, 0.1) is 10.9 Å². The topological polar surface area (TPSA) is 55.2 Å². The molecule has 2 fully saturated rings. The van der Waals surface area contributed by atoms with E-state index in [-0.39, 0.29) is 11.5 Å². The maximum atomic E-state index is 12.8. The number of hydrogen-bond acceptors (Lipinski definition) is 3. The van der Waals surface area contributed by atoms with Crippen LogP contribution in [0.25, 0.3) is 10.9 Å². The molecule has 1 atom stereocenters. The Hall–Kier alpha value is -2.17. The summed E-state index contributed by atoms with van der Waals surface area (Å²) in [4.78, 5) is 32.2. The second-order valence-electron chi connectivity index (χ2n) is 7.49. The quantitative estimate of drug-likeness (QED) is 0.813. The molecule has 2 aliphatic rings. The number of carbonyl (C=O) groups is 1. The fraction of sp³-hybridized carbons (Fsp3) is 0.550. The van der Waals surface area contributed by atoms with E-state index in [0.29, 0.717) is 42.2 Å². The van der Waals surface area contributed by atoms with Crippen LogP contribution in [0.15, 0.2) is 29.1 Å². The number of para-hydroxylation sites is 1. The molecule has 1 amide bonds. The third kappa shape index (κ3) is 3.20. The zero-order valence-electron chi connectivity index (χ0n) is 14.9. The van der Waals surface area contributed by atoms with E-state index in [4.69, 9.17) is 0 Å². The zero-order valence-corrected chi connectivity index (χ0v) is 14.9. The molecule has 0 radical (unpaired) electrons. The van der Waals surface area contributed by atoms with Crippen LogP contribution in [-0.2, 0) is 11.3 Å². The van der Waals surface area contributed by atoms with Crippen LogP contribution in [0.5, 0.6) is 0 Å². The van der Waals surface area contributed by atoms with Crippen molar-refractivity contribution in [1.82, 2.24) is 14.5 Å². The van der Waals surface area contributed by atoms with E-state index in [1.165, 1.54) is 12.8 Å². The van der Waals surface area contributed by atoms with Gasteiger partial charge in [-0.15, -0.1) is 0 Å². The molecule has 132 valence electrons. The average Bonchev–Trinajstić information content (AvgIpc) is 3.47. The van der Waals surface area contributed by atoms with Gasteiger partial charge in [0.25, 0.3) is 5.56 Å². The van der Waals surface area contributed by atoms with Crippen LogP contribution in [0.4, 0.5) is 0 Å². The molecule has 1 aromatic carbocycles. The minimum atomic E-state index is -0.0517. The summed E-state index contributed by atoms with van der Waals surface area (Å²) in [6.45, 7) is 4.43. The third-order valence-corrected chi connectivity index (χ3v) is 5.57. The number of nitrogens with zero attached hydrogens (tertiary/aromatic N) is 3. The predicted molar refractivity (Wildman–Crippen MR) is 97.4 cm³/mol. The number of fused-ring (bicyclic) bond motifs is 1. The lowest BCUT2D eigenvalue weighted by Crippen LogP contribution is -2.42. The molecule has 5 heteroatoms. The molecular weight excluding hydrogens is 314 g/mol. The van der Waals surface area contributed by atoms with Gasteiger partial charge >= 0.3 is 0 Å². The molecule has 0 bridgehead atoms. The lowest BCUT2D eigenvalue weighted by Gasteiger charge is -2.30. The Labute approximate surface area is 147 Å². The standard InChI is InChI=1S/C20H25N3O2/c1-13(15-7-8-15)23(16-9-10-16)19(24)11-12-22-14(2)21-18-6-4-3-5-17(18)20(22)25/h3-6,13,15-16H,7-12H2,1-2H3. The van der Waals surface area contributed by atoms with E-state index in [1.54, 1.807) is 10.6 Å². The van der Waals surface area contributed by atoms with Gasteiger partial charge in [-0.1, -0.05) is 12.1 Å². The van der Waals surface area contributed by atoms with Crippen molar-refractivity contribution in [3.63, 3.8) is 0 Å².